The number of esters is 1. The zero-order valence-electron chi connectivity index (χ0n) is 10.6. The molecule has 6 nitrogen and oxygen atoms in total. The number of methoxy groups -OCH3 is 1. The van der Waals surface area contributed by atoms with E-state index >= 15 is 0 Å². The normalized spacial score (nSPS) is 18.2. The molecule has 1 atom stereocenters. The zero-order valence-corrected chi connectivity index (χ0v) is 10.6. The van der Waals surface area contributed by atoms with Gasteiger partial charge in [0.05, 0.1) is 24.3 Å². The lowest BCUT2D eigenvalue weighted by molar-refractivity contribution is -0.141. The fraction of sp³-hybridized carbons (Fsp3) is 0.308. The Morgan fingerprint density at radius 2 is 2.15 bits per heavy atom. The van der Waals surface area contributed by atoms with E-state index < -0.39 is 29.6 Å². The zero-order chi connectivity index (χ0) is 14.9. The van der Waals surface area contributed by atoms with Crippen molar-refractivity contribution in [1.29, 1.82) is 0 Å². The van der Waals surface area contributed by atoms with Gasteiger partial charge >= 0.3 is 11.9 Å². The second-order valence-corrected chi connectivity index (χ2v) is 4.37. The van der Waals surface area contributed by atoms with Gasteiger partial charge in [0.15, 0.2) is 0 Å². The van der Waals surface area contributed by atoms with Crippen LogP contribution >= 0.6 is 0 Å². The molecule has 1 N–H and O–H groups in total. The number of carbonyl (C=O) groups excluding carboxylic acids is 2. The molecule has 0 aromatic heterocycles. The second-order valence-electron chi connectivity index (χ2n) is 4.37. The SMILES string of the molecule is COC(=O)c1cccc(F)c1N1CC(C(=O)O)CC1=O. The molecule has 106 valence electrons. The summed E-state index contributed by atoms with van der Waals surface area (Å²) in [5.74, 6) is -4.13. The Morgan fingerprint density at radius 3 is 2.70 bits per heavy atom. The number of anilines is 1. The van der Waals surface area contributed by atoms with Crippen LogP contribution in [0.25, 0.3) is 0 Å². The van der Waals surface area contributed by atoms with Gasteiger partial charge in [-0.05, 0) is 12.1 Å². The number of nitrogens with zero attached hydrogens (tertiary/aromatic N) is 1. The predicted molar refractivity (Wildman–Crippen MR) is 65.8 cm³/mol. The molecule has 0 bridgehead atoms. The Kier molecular flexibility index (Phi) is 3.69. The van der Waals surface area contributed by atoms with E-state index in [1.165, 1.54) is 12.1 Å². The Labute approximate surface area is 113 Å². The van der Waals surface area contributed by atoms with Crippen LogP contribution in [0, 0.1) is 11.7 Å². The monoisotopic (exact) mass is 281 g/mol. The molecule has 0 radical (unpaired) electrons. The van der Waals surface area contributed by atoms with Crippen molar-refractivity contribution < 1.29 is 28.6 Å². The van der Waals surface area contributed by atoms with Crippen LogP contribution in [0.15, 0.2) is 18.2 Å². The molecule has 0 saturated carbocycles. The van der Waals surface area contributed by atoms with E-state index in [9.17, 15) is 18.8 Å². The molecule has 0 spiro atoms. The maximum absolute atomic E-state index is 14.0. The predicted octanol–water partition coefficient (Wildman–Crippen LogP) is 1.05. The number of benzene rings is 1. The summed E-state index contributed by atoms with van der Waals surface area (Å²) in [4.78, 5) is 35.4. The van der Waals surface area contributed by atoms with Crippen LogP contribution in [0.2, 0.25) is 0 Å². The first-order valence-corrected chi connectivity index (χ1v) is 5.85. The average molecular weight is 281 g/mol. The van der Waals surface area contributed by atoms with Gasteiger partial charge in [0.1, 0.15) is 5.82 Å². The summed E-state index contributed by atoms with van der Waals surface area (Å²) in [6.45, 7) is -0.168. The molecule has 20 heavy (non-hydrogen) atoms. The molecule has 2 rings (SSSR count). The van der Waals surface area contributed by atoms with E-state index in [1.54, 1.807) is 0 Å². The Balaban J connectivity index is 2.45. The minimum absolute atomic E-state index is 0.105. The van der Waals surface area contributed by atoms with E-state index in [1.807, 2.05) is 0 Å². The highest BCUT2D eigenvalue weighted by Gasteiger charge is 2.38. The summed E-state index contributed by atoms with van der Waals surface area (Å²) < 4.78 is 18.5. The molecule has 1 aromatic rings. The van der Waals surface area contributed by atoms with Gasteiger partial charge < -0.3 is 14.7 Å². The van der Waals surface area contributed by atoms with Crippen molar-refractivity contribution in [1.82, 2.24) is 0 Å². The van der Waals surface area contributed by atoms with Gasteiger partial charge in [0.2, 0.25) is 5.91 Å². The first-order valence-electron chi connectivity index (χ1n) is 5.85. The Bertz CT molecular complexity index is 586. The molecule has 1 aliphatic rings. The first-order chi connectivity index (χ1) is 9.45. The van der Waals surface area contributed by atoms with Crippen molar-refractivity contribution in [2.45, 2.75) is 6.42 Å². The summed E-state index contributed by atoms with van der Waals surface area (Å²) >= 11 is 0. The Morgan fingerprint density at radius 1 is 1.45 bits per heavy atom. The van der Waals surface area contributed by atoms with Crippen LogP contribution in [0.4, 0.5) is 10.1 Å². The van der Waals surface area contributed by atoms with Gasteiger partial charge in [-0.15, -0.1) is 0 Å². The fourth-order valence-corrected chi connectivity index (χ4v) is 2.15. The largest absolute Gasteiger partial charge is 0.481 e. The number of carboxylic acid groups (broad SMARTS) is 1. The molecule has 1 aliphatic heterocycles. The number of rotatable bonds is 3. The van der Waals surface area contributed by atoms with Gasteiger partial charge in [0, 0.05) is 13.0 Å². The maximum atomic E-state index is 14.0. The topological polar surface area (TPSA) is 83.9 Å². The lowest BCUT2D eigenvalue weighted by Crippen LogP contribution is -2.28. The Hall–Kier alpha value is -2.44. The van der Waals surface area contributed by atoms with E-state index in [0.717, 1.165) is 18.1 Å². The van der Waals surface area contributed by atoms with Crippen molar-refractivity contribution in [3.63, 3.8) is 0 Å². The third kappa shape index (κ3) is 2.34. The van der Waals surface area contributed by atoms with Crippen LogP contribution in [0.1, 0.15) is 16.8 Å². The summed E-state index contributed by atoms with van der Waals surface area (Å²) in [7, 11) is 1.14. The molecule has 0 aliphatic carbocycles. The van der Waals surface area contributed by atoms with Gasteiger partial charge in [-0.3, -0.25) is 9.59 Å². The van der Waals surface area contributed by atoms with Crippen molar-refractivity contribution in [2.75, 3.05) is 18.6 Å². The summed E-state index contributed by atoms with van der Waals surface area (Å²) in [6.07, 6.45) is -0.218. The number of amides is 1. The van der Waals surface area contributed by atoms with Crippen molar-refractivity contribution in [3.8, 4) is 0 Å². The molecular formula is C13H12FNO5. The highest BCUT2D eigenvalue weighted by atomic mass is 19.1. The van der Waals surface area contributed by atoms with Crippen LogP contribution in [-0.4, -0.2) is 36.6 Å². The van der Waals surface area contributed by atoms with Crippen molar-refractivity contribution in [2.24, 2.45) is 5.92 Å². The van der Waals surface area contributed by atoms with Crippen LogP contribution in [-0.2, 0) is 14.3 Å². The summed E-state index contributed by atoms with van der Waals surface area (Å²) in [5.41, 5.74) is -0.333. The van der Waals surface area contributed by atoms with E-state index in [0.29, 0.717) is 0 Å². The van der Waals surface area contributed by atoms with Gasteiger partial charge in [-0.2, -0.15) is 0 Å². The minimum Gasteiger partial charge on any atom is -0.481 e. The van der Waals surface area contributed by atoms with Crippen LogP contribution in [0.5, 0.6) is 0 Å². The number of hydrogen-bond donors (Lipinski definition) is 1. The number of carbonyl (C=O) groups is 3. The van der Waals surface area contributed by atoms with E-state index in [4.69, 9.17) is 5.11 Å². The lowest BCUT2D eigenvalue weighted by Gasteiger charge is -2.19. The first kappa shape index (κ1) is 14.0. The van der Waals surface area contributed by atoms with E-state index in [-0.39, 0.29) is 24.2 Å². The minimum atomic E-state index is -1.13. The third-order valence-electron chi connectivity index (χ3n) is 3.14. The standard InChI is InChI=1S/C13H12FNO5/c1-20-13(19)8-3-2-4-9(14)11(8)15-6-7(12(17)18)5-10(15)16/h2-4,7H,5-6H2,1H3,(H,17,18). The highest BCUT2D eigenvalue weighted by Crippen LogP contribution is 2.31. The number of ether oxygens (including phenoxy) is 1. The molecule has 1 amide bonds. The van der Waals surface area contributed by atoms with Gasteiger partial charge in [-0.1, -0.05) is 6.07 Å². The fourth-order valence-electron chi connectivity index (χ4n) is 2.15. The quantitative estimate of drug-likeness (QED) is 0.837. The summed E-state index contributed by atoms with van der Waals surface area (Å²) in [5, 5.41) is 8.93. The number of aliphatic carboxylic acids is 1. The van der Waals surface area contributed by atoms with Gasteiger partial charge in [-0.25, -0.2) is 9.18 Å². The lowest BCUT2D eigenvalue weighted by atomic mass is 10.1. The maximum Gasteiger partial charge on any atom is 0.340 e. The highest BCUT2D eigenvalue weighted by molar-refractivity contribution is 6.05. The number of hydrogen-bond acceptors (Lipinski definition) is 4. The number of para-hydroxylation sites is 1. The second kappa shape index (κ2) is 5.28. The van der Waals surface area contributed by atoms with Gasteiger partial charge in [0.25, 0.3) is 0 Å². The molecule has 1 fully saturated rings. The molecular weight excluding hydrogens is 269 g/mol. The van der Waals surface area contributed by atoms with E-state index in [2.05, 4.69) is 4.74 Å². The van der Waals surface area contributed by atoms with Crippen LogP contribution < -0.4 is 4.90 Å². The molecule has 1 saturated heterocycles. The molecule has 1 unspecified atom stereocenters. The molecule has 1 heterocycles. The summed E-state index contributed by atoms with van der Waals surface area (Å²) in [6, 6.07) is 3.75. The molecule has 7 heteroatoms. The van der Waals surface area contributed by atoms with Crippen molar-refractivity contribution in [3.05, 3.63) is 29.6 Å². The number of carboxylic acids is 1. The third-order valence-corrected chi connectivity index (χ3v) is 3.14. The van der Waals surface area contributed by atoms with Crippen LogP contribution in [0.3, 0.4) is 0 Å². The smallest absolute Gasteiger partial charge is 0.340 e. The molecule has 1 aromatic carbocycles. The van der Waals surface area contributed by atoms with Crippen molar-refractivity contribution >= 4 is 23.5 Å². The number of halogens is 1. The average Bonchev–Trinajstić information content (AvgIpc) is 2.79.